The van der Waals surface area contributed by atoms with Gasteiger partial charge >= 0.3 is 5.97 Å². The van der Waals surface area contributed by atoms with Gasteiger partial charge in [-0.05, 0) is 23.5 Å². The van der Waals surface area contributed by atoms with E-state index in [1.54, 1.807) is 14.2 Å². The lowest BCUT2D eigenvalue weighted by atomic mass is 9.99. The molecule has 4 atom stereocenters. The van der Waals surface area contributed by atoms with Crippen LogP contribution in [0, 0.1) is 11.5 Å². The van der Waals surface area contributed by atoms with E-state index in [1.807, 2.05) is 0 Å². The Balaban J connectivity index is 3.32. The topological polar surface area (TPSA) is 54.0 Å². The Morgan fingerprint density at radius 3 is 2.14 bits per heavy atom. The van der Waals surface area contributed by atoms with Crippen LogP contribution in [-0.4, -0.2) is 61.0 Å². The molecule has 5 nitrogen and oxygen atoms in total. The van der Waals surface area contributed by atoms with E-state index >= 15 is 0 Å². The molecule has 0 saturated carbocycles. The molecule has 1 aliphatic rings. The molecule has 1 aliphatic heterocycles. The van der Waals surface area contributed by atoms with Crippen molar-refractivity contribution < 1.29 is 23.4 Å². The summed E-state index contributed by atoms with van der Waals surface area (Å²) < 4.78 is 24.2. The van der Waals surface area contributed by atoms with Gasteiger partial charge in [0.25, 0.3) is 0 Å². The largest absolute Gasteiger partial charge is 0.459 e. The van der Waals surface area contributed by atoms with E-state index in [0.29, 0.717) is 29.5 Å². The number of hydrogen-bond acceptors (Lipinski definition) is 5. The molecule has 0 amide bonds. The van der Waals surface area contributed by atoms with Crippen LogP contribution in [0.1, 0.15) is 67.7 Å². The maximum Gasteiger partial charge on any atom is 0.308 e. The molecular weight excluding hydrogens is 484 g/mol. The van der Waals surface area contributed by atoms with Gasteiger partial charge < -0.3 is 18.6 Å². The van der Waals surface area contributed by atoms with Crippen LogP contribution in [0.2, 0.25) is 36.3 Å². The van der Waals surface area contributed by atoms with Gasteiger partial charge in [0, 0.05) is 27.1 Å². The van der Waals surface area contributed by atoms with Gasteiger partial charge in [-0.1, -0.05) is 85.0 Å². The Bertz CT molecular complexity index is 792. The lowest BCUT2D eigenvalue weighted by molar-refractivity contribution is -0.167. The van der Waals surface area contributed by atoms with Gasteiger partial charge in [-0.2, -0.15) is 0 Å². The van der Waals surface area contributed by atoms with Crippen LogP contribution in [0.5, 0.6) is 0 Å². The predicted molar refractivity (Wildman–Crippen MR) is 155 cm³/mol. The third kappa shape index (κ3) is 9.94. The van der Waals surface area contributed by atoms with Crippen molar-refractivity contribution in [3.8, 4) is 11.5 Å². The third-order valence-electron chi connectivity index (χ3n) is 6.99. The molecule has 0 spiro atoms. The number of esters is 1. The van der Waals surface area contributed by atoms with Crippen molar-refractivity contribution in [2.45, 2.75) is 128 Å². The molecule has 0 aromatic carbocycles. The molecule has 0 aromatic heterocycles. The van der Waals surface area contributed by atoms with Crippen molar-refractivity contribution in [3.63, 3.8) is 0 Å². The van der Waals surface area contributed by atoms with Crippen LogP contribution >= 0.6 is 0 Å². The first kappa shape index (κ1) is 32.9. The van der Waals surface area contributed by atoms with E-state index in [4.69, 9.17) is 18.6 Å². The Kier molecular flexibility index (Phi) is 13.4. The fourth-order valence-electron chi connectivity index (χ4n) is 5.26. The molecule has 0 unspecified atom stereocenters. The van der Waals surface area contributed by atoms with Crippen LogP contribution in [0.25, 0.3) is 0 Å². The molecule has 0 radical (unpaired) electrons. The number of hydrogen-bond donors (Lipinski definition) is 0. The molecular formula is C29H52O5Si2. The molecule has 0 N–H and O–H groups in total. The molecule has 0 aliphatic carbocycles. The lowest BCUT2D eigenvalue weighted by Crippen LogP contribution is -2.53. The second kappa shape index (κ2) is 14.7. The summed E-state index contributed by atoms with van der Waals surface area (Å²) >= 11 is 0. The molecule has 1 saturated heterocycles. The molecule has 7 heteroatoms. The van der Waals surface area contributed by atoms with Crippen molar-refractivity contribution in [2.24, 2.45) is 0 Å². The SMILES string of the molecule is CO[C@H]1CC(=O)O[C@@H]([C@@H](/C=C(C)/C=C/[C@@H](CC#C[Si](C)(C)C)OC)O[Si](C(C)C)(C(C)C)C(C)C)C1. The van der Waals surface area contributed by atoms with E-state index in [0.717, 1.165) is 5.57 Å². The smallest absolute Gasteiger partial charge is 0.308 e. The van der Waals surface area contributed by atoms with Gasteiger partial charge in [-0.15, -0.1) is 11.5 Å². The first-order chi connectivity index (χ1) is 16.7. The highest BCUT2D eigenvalue weighted by atomic mass is 28.4. The summed E-state index contributed by atoms with van der Waals surface area (Å²) in [6.45, 7) is 22.4. The summed E-state index contributed by atoms with van der Waals surface area (Å²) in [5.74, 6) is 3.08. The monoisotopic (exact) mass is 536 g/mol. The number of carbonyl (C=O) groups is 1. The van der Waals surface area contributed by atoms with Crippen molar-refractivity contribution in [3.05, 3.63) is 23.8 Å². The first-order valence-electron chi connectivity index (χ1n) is 13.5. The van der Waals surface area contributed by atoms with E-state index in [2.05, 4.69) is 97.8 Å². The van der Waals surface area contributed by atoms with Gasteiger partial charge in [0.1, 0.15) is 20.3 Å². The minimum Gasteiger partial charge on any atom is -0.459 e. The third-order valence-corrected chi connectivity index (χ3v) is 14.0. The summed E-state index contributed by atoms with van der Waals surface area (Å²) in [7, 11) is -0.251. The molecule has 0 aromatic rings. The summed E-state index contributed by atoms with van der Waals surface area (Å²) in [5.41, 5.74) is 5.72. The Hall–Kier alpha value is -1.18. The number of cyclic esters (lactones) is 1. The van der Waals surface area contributed by atoms with Crippen LogP contribution in [0.3, 0.4) is 0 Å². The molecule has 36 heavy (non-hydrogen) atoms. The number of carbonyl (C=O) groups excluding carboxylic acids is 1. The second-order valence-corrected chi connectivity index (χ2v) is 22.2. The van der Waals surface area contributed by atoms with Crippen LogP contribution < -0.4 is 0 Å². The summed E-state index contributed by atoms with van der Waals surface area (Å²) in [6.07, 6.45) is 6.93. The standard InChI is InChI=1S/C29H52O5Si2/c1-21(2)36(22(3)4,23(5)6)34-28(27-19-26(32-9)20-29(30)33-27)18-24(7)15-16-25(31-8)14-13-17-35(10,11)12/h15-16,18,21-23,25-28H,14,19-20H2,1-12H3/b16-15+,24-18+/t25-,26-,27-,28-/m1/s1. The maximum atomic E-state index is 12.4. The predicted octanol–water partition coefficient (Wildman–Crippen LogP) is 7.06. The van der Waals surface area contributed by atoms with E-state index < -0.39 is 16.4 Å². The number of ether oxygens (including phenoxy) is 3. The van der Waals surface area contributed by atoms with E-state index in [1.165, 1.54) is 0 Å². The Labute approximate surface area is 223 Å². The average molecular weight is 537 g/mol. The van der Waals surface area contributed by atoms with Crippen molar-refractivity contribution in [1.82, 2.24) is 0 Å². The molecule has 1 rings (SSSR count). The zero-order valence-electron chi connectivity index (χ0n) is 24.9. The molecule has 1 fully saturated rings. The highest BCUT2D eigenvalue weighted by Crippen LogP contribution is 2.44. The minimum absolute atomic E-state index is 0.0718. The molecule has 0 bridgehead atoms. The normalized spacial score (nSPS) is 21.6. The molecule has 1 heterocycles. The Morgan fingerprint density at radius 1 is 1.08 bits per heavy atom. The second-order valence-electron chi connectivity index (χ2n) is 12.0. The van der Waals surface area contributed by atoms with Crippen molar-refractivity contribution in [1.29, 1.82) is 0 Å². The van der Waals surface area contributed by atoms with Crippen LogP contribution in [-0.2, 0) is 23.4 Å². The molecule has 206 valence electrons. The highest BCUT2D eigenvalue weighted by molar-refractivity contribution is 6.83. The van der Waals surface area contributed by atoms with Gasteiger partial charge in [0.2, 0.25) is 8.32 Å². The quantitative estimate of drug-likeness (QED) is 0.116. The zero-order valence-corrected chi connectivity index (χ0v) is 26.9. The van der Waals surface area contributed by atoms with Gasteiger partial charge in [0.15, 0.2) is 0 Å². The lowest BCUT2D eigenvalue weighted by Gasteiger charge is -2.46. The van der Waals surface area contributed by atoms with Crippen LogP contribution in [0.15, 0.2) is 23.8 Å². The van der Waals surface area contributed by atoms with Gasteiger partial charge in [-0.3, -0.25) is 4.79 Å². The maximum absolute atomic E-state index is 12.4. The van der Waals surface area contributed by atoms with Gasteiger partial charge in [-0.25, -0.2) is 0 Å². The average Bonchev–Trinajstić information content (AvgIpc) is 2.76. The zero-order chi connectivity index (χ0) is 27.7. The number of rotatable bonds is 12. The summed E-state index contributed by atoms with van der Waals surface area (Å²) in [6, 6.07) is 0. The van der Waals surface area contributed by atoms with E-state index in [-0.39, 0.29) is 36.8 Å². The van der Waals surface area contributed by atoms with Crippen molar-refractivity contribution >= 4 is 22.4 Å². The summed E-state index contributed by atoms with van der Waals surface area (Å²) in [4.78, 5) is 12.4. The van der Waals surface area contributed by atoms with E-state index in [9.17, 15) is 4.79 Å². The van der Waals surface area contributed by atoms with Gasteiger partial charge in [0.05, 0.1) is 18.6 Å². The fraction of sp³-hybridized carbons (Fsp3) is 0.759. The number of allylic oxidation sites excluding steroid dienone is 2. The fourth-order valence-corrected chi connectivity index (χ4v) is 11.4. The van der Waals surface area contributed by atoms with Crippen molar-refractivity contribution in [2.75, 3.05) is 14.2 Å². The summed E-state index contributed by atoms with van der Waals surface area (Å²) in [5, 5.41) is 0. The minimum atomic E-state index is -2.22. The number of methoxy groups -OCH3 is 2. The van der Waals surface area contributed by atoms with Crippen LogP contribution in [0.4, 0.5) is 0 Å². The highest BCUT2D eigenvalue weighted by Gasteiger charge is 2.48. The Morgan fingerprint density at radius 2 is 1.67 bits per heavy atom. The first-order valence-corrected chi connectivity index (χ1v) is 19.1.